The lowest BCUT2D eigenvalue weighted by atomic mass is 10.1. The zero-order valence-electron chi connectivity index (χ0n) is 7.04. The number of pyridine rings is 1. The zero-order valence-corrected chi connectivity index (χ0v) is 7.04. The molecule has 1 aromatic heterocycles. The lowest BCUT2D eigenvalue weighted by molar-refractivity contribution is 0.596. The van der Waals surface area contributed by atoms with Crippen LogP contribution in [0.2, 0.25) is 0 Å². The molecule has 0 aliphatic heterocycles. The second kappa shape index (κ2) is 4.09. The smallest absolute Gasteiger partial charge is 0.0315 e. The minimum absolute atomic E-state index is 0.411. The van der Waals surface area contributed by atoms with Crippen molar-refractivity contribution in [3.63, 3.8) is 0 Å². The number of nitrogens with one attached hydrogen (secondary N) is 1. The molecule has 0 aliphatic carbocycles. The third-order valence-electron chi connectivity index (χ3n) is 1.69. The Morgan fingerprint density at radius 2 is 2.45 bits per heavy atom. The van der Waals surface area contributed by atoms with Crippen LogP contribution in [0.1, 0.15) is 25.5 Å². The first kappa shape index (κ1) is 8.21. The highest BCUT2D eigenvalue weighted by Gasteiger charge is 2.00. The van der Waals surface area contributed by atoms with E-state index in [4.69, 9.17) is 0 Å². The van der Waals surface area contributed by atoms with Crippen molar-refractivity contribution in [2.75, 3.05) is 6.54 Å². The fourth-order valence-corrected chi connectivity index (χ4v) is 1.06. The Morgan fingerprint density at radius 1 is 1.64 bits per heavy atom. The van der Waals surface area contributed by atoms with Gasteiger partial charge in [0.05, 0.1) is 0 Å². The largest absolute Gasteiger partial charge is 0.310 e. The van der Waals surface area contributed by atoms with Gasteiger partial charge in [-0.2, -0.15) is 0 Å². The highest BCUT2D eigenvalue weighted by atomic mass is 14.9. The third kappa shape index (κ3) is 2.31. The van der Waals surface area contributed by atoms with Crippen LogP contribution in [0, 0.1) is 0 Å². The molecule has 0 radical (unpaired) electrons. The average Bonchev–Trinajstić information content (AvgIpc) is 2.07. The summed E-state index contributed by atoms with van der Waals surface area (Å²) in [4.78, 5) is 4.05. The number of hydrogen-bond donors (Lipinski definition) is 1. The van der Waals surface area contributed by atoms with Gasteiger partial charge in [0.15, 0.2) is 0 Å². The molecule has 2 nitrogen and oxygen atoms in total. The minimum Gasteiger partial charge on any atom is -0.310 e. The lowest BCUT2D eigenvalue weighted by Gasteiger charge is -2.10. The maximum atomic E-state index is 4.05. The topological polar surface area (TPSA) is 24.9 Å². The predicted octanol–water partition coefficient (Wildman–Crippen LogP) is 1.75. The van der Waals surface area contributed by atoms with Crippen LogP contribution in [0.3, 0.4) is 0 Å². The molecular formula is C9H14N2. The molecule has 0 saturated heterocycles. The molecule has 0 fully saturated rings. The molecule has 1 heterocycles. The third-order valence-corrected chi connectivity index (χ3v) is 1.69. The number of hydrogen-bond acceptors (Lipinski definition) is 2. The minimum atomic E-state index is 0.411. The van der Waals surface area contributed by atoms with Gasteiger partial charge < -0.3 is 5.32 Å². The van der Waals surface area contributed by atoms with Crippen molar-refractivity contribution in [1.82, 2.24) is 10.3 Å². The molecule has 0 aromatic carbocycles. The molecule has 1 atom stereocenters. The van der Waals surface area contributed by atoms with Gasteiger partial charge in [0, 0.05) is 18.4 Å². The summed E-state index contributed by atoms with van der Waals surface area (Å²) in [6.45, 7) is 5.24. The van der Waals surface area contributed by atoms with Gasteiger partial charge in [-0.1, -0.05) is 13.0 Å². The molecule has 0 unspecified atom stereocenters. The maximum Gasteiger partial charge on any atom is 0.0315 e. The average molecular weight is 150 g/mol. The number of nitrogens with zero attached hydrogens (tertiary/aromatic N) is 1. The zero-order chi connectivity index (χ0) is 8.10. The van der Waals surface area contributed by atoms with E-state index >= 15 is 0 Å². The summed E-state index contributed by atoms with van der Waals surface area (Å²) in [7, 11) is 0. The molecule has 11 heavy (non-hydrogen) atoms. The van der Waals surface area contributed by atoms with Gasteiger partial charge in [0.25, 0.3) is 0 Å². The van der Waals surface area contributed by atoms with Crippen LogP contribution in [-0.2, 0) is 0 Å². The van der Waals surface area contributed by atoms with E-state index in [1.54, 1.807) is 6.20 Å². The lowest BCUT2D eigenvalue weighted by Crippen LogP contribution is -2.17. The quantitative estimate of drug-likeness (QED) is 0.710. The van der Waals surface area contributed by atoms with Gasteiger partial charge in [0.1, 0.15) is 0 Å². The van der Waals surface area contributed by atoms with Crippen LogP contribution in [0.25, 0.3) is 0 Å². The Morgan fingerprint density at radius 3 is 3.00 bits per heavy atom. The van der Waals surface area contributed by atoms with Crippen molar-refractivity contribution in [1.29, 1.82) is 0 Å². The molecule has 0 spiro atoms. The van der Waals surface area contributed by atoms with E-state index in [1.165, 1.54) is 5.56 Å². The summed E-state index contributed by atoms with van der Waals surface area (Å²) < 4.78 is 0. The molecule has 1 aromatic rings. The predicted molar refractivity (Wildman–Crippen MR) is 46.3 cm³/mol. The van der Waals surface area contributed by atoms with Gasteiger partial charge in [-0.25, -0.2) is 0 Å². The summed E-state index contributed by atoms with van der Waals surface area (Å²) in [6.07, 6.45) is 3.69. The second-order valence-electron chi connectivity index (χ2n) is 2.57. The molecule has 0 amide bonds. The van der Waals surface area contributed by atoms with Gasteiger partial charge in [-0.3, -0.25) is 4.98 Å². The fraction of sp³-hybridized carbons (Fsp3) is 0.444. The molecule has 0 aliphatic rings. The Hall–Kier alpha value is -0.890. The van der Waals surface area contributed by atoms with Crippen molar-refractivity contribution >= 4 is 0 Å². The first-order valence-electron chi connectivity index (χ1n) is 3.98. The SMILES string of the molecule is CCN[C@H](C)c1cccnc1. The Balaban J connectivity index is 2.61. The Labute approximate surface area is 67.7 Å². The van der Waals surface area contributed by atoms with Gasteiger partial charge in [-0.15, -0.1) is 0 Å². The normalized spacial score (nSPS) is 12.9. The summed E-state index contributed by atoms with van der Waals surface area (Å²) in [6, 6.07) is 4.46. The standard InChI is InChI=1S/C9H14N2/c1-3-11-8(2)9-5-4-6-10-7-9/h4-8,11H,3H2,1-2H3/t8-/m1/s1. The van der Waals surface area contributed by atoms with Crippen molar-refractivity contribution in [3.05, 3.63) is 30.1 Å². The van der Waals surface area contributed by atoms with E-state index in [1.807, 2.05) is 12.3 Å². The molecule has 0 saturated carbocycles. The van der Waals surface area contributed by atoms with Gasteiger partial charge >= 0.3 is 0 Å². The summed E-state index contributed by atoms with van der Waals surface area (Å²) in [5.41, 5.74) is 1.24. The van der Waals surface area contributed by atoms with E-state index in [0.717, 1.165) is 6.54 Å². The fourth-order valence-electron chi connectivity index (χ4n) is 1.06. The van der Waals surface area contributed by atoms with E-state index < -0.39 is 0 Å². The highest BCUT2D eigenvalue weighted by Crippen LogP contribution is 2.08. The molecule has 60 valence electrons. The van der Waals surface area contributed by atoms with Gasteiger partial charge in [0.2, 0.25) is 0 Å². The molecule has 0 bridgehead atoms. The van der Waals surface area contributed by atoms with E-state index in [2.05, 4.69) is 30.2 Å². The van der Waals surface area contributed by atoms with Crippen LogP contribution >= 0.6 is 0 Å². The number of aromatic nitrogens is 1. The Kier molecular flexibility index (Phi) is 3.05. The van der Waals surface area contributed by atoms with Crippen LogP contribution in [0.15, 0.2) is 24.5 Å². The van der Waals surface area contributed by atoms with Crippen LogP contribution in [0.5, 0.6) is 0 Å². The highest BCUT2D eigenvalue weighted by molar-refractivity contribution is 5.12. The van der Waals surface area contributed by atoms with E-state index in [-0.39, 0.29) is 0 Å². The van der Waals surface area contributed by atoms with Crippen LogP contribution in [0.4, 0.5) is 0 Å². The maximum absolute atomic E-state index is 4.05. The van der Waals surface area contributed by atoms with Crippen molar-refractivity contribution < 1.29 is 0 Å². The second-order valence-corrected chi connectivity index (χ2v) is 2.57. The molecule has 1 N–H and O–H groups in total. The Bertz CT molecular complexity index is 196. The van der Waals surface area contributed by atoms with Crippen LogP contribution in [-0.4, -0.2) is 11.5 Å². The van der Waals surface area contributed by atoms with E-state index in [0.29, 0.717) is 6.04 Å². The summed E-state index contributed by atoms with van der Waals surface area (Å²) in [5, 5.41) is 3.32. The molecular weight excluding hydrogens is 136 g/mol. The monoisotopic (exact) mass is 150 g/mol. The van der Waals surface area contributed by atoms with Crippen molar-refractivity contribution in [2.45, 2.75) is 19.9 Å². The van der Waals surface area contributed by atoms with E-state index in [9.17, 15) is 0 Å². The van der Waals surface area contributed by atoms with Crippen molar-refractivity contribution in [2.24, 2.45) is 0 Å². The number of rotatable bonds is 3. The molecule has 1 rings (SSSR count). The summed E-state index contributed by atoms with van der Waals surface area (Å²) >= 11 is 0. The van der Waals surface area contributed by atoms with Gasteiger partial charge in [-0.05, 0) is 25.1 Å². The van der Waals surface area contributed by atoms with Crippen molar-refractivity contribution in [3.8, 4) is 0 Å². The molecule has 2 heteroatoms. The van der Waals surface area contributed by atoms with Crippen LogP contribution < -0.4 is 5.32 Å². The first-order valence-corrected chi connectivity index (χ1v) is 3.98. The first-order chi connectivity index (χ1) is 5.34. The summed E-state index contributed by atoms with van der Waals surface area (Å²) in [5.74, 6) is 0.